The van der Waals surface area contributed by atoms with Crippen LogP contribution in [0, 0.1) is 5.92 Å². The van der Waals surface area contributed by atoms with Gasteiger partial charge in [-0.25, -0.2) is 4.79 Å². The summed E-state index contributed by atoms with van der Waals surface area (Å²) < 4.78 is 5.30. The first-order valence-corrected chi connectivity index (χ1v) is 5.75. The summed E-state index contributed by atoms with van der Waals surface area (Å²) in [5, 5.41) is 9.25. The lowest BCUT2D eigenvalue weighted by atomic mass is 9.87. The molecule has 2 rings (SSSR count). The highest BCUT2D eigenvalue weighted by atomic mass is 16.5. The Bertz CT molecular complexity index is 403. The topological polar surface area (TPSA) is 58.9 Å². The third kappa shape index (κ3) is 2.93. The first kappa shape index (κ1) is 11.8. The molecule has 17 heavy (non-hydrogen) atoms. The summed E-state index contributed by atoms with van der Waals surface area (Å²) in [7, 11) is 0. The van der Waals surface area contributed by atoms with Crippen molar-refractivity contribution in [1.29, 1.82) is 0 Å². The van der Waals surface area contributed by atoms with Gasteiger partial charge in [-0.2, -0.15) is 4.99 Å². The molecule has 1 aromatic rings. The Labute approximate surface area is 99.9 Å². The molecule has 1 aromatic carbocycles. The van der Waals surface area contributed by atoms with Crippen LogP contribution in [0.1, 0.15) is 24.4 Å². The van der Waals surface area contributed by atoms with Crippen molar-refractivity contribution in [2.45, 2.75) is 18.9 Å². The number of aromatic hydroxyl groups is 1. The zero-order valence-corrected chi connectivity index (χ0v) is 9.50. The Hall–Kier alpha value is -1.64. The van der Waals surface area contributed by atoms with Gasteiger partial charge in [0.1, 0.15) is 5.75 Å². The summed E-state index contributed by atoms with van der Waals surface area (Å²) in [4.78, 5) is 14.4. The zero-order chi connectivity index (χ0) is 12.1. The Morgan fingerprint density at radius 2 is 1.94 bits per heavy atom. The highest BCUT2D eigenvalue weighted by Gasteiger charge is 2.25. The molecule has 1 fully saturated rings. The molecule has 0 radical (unpaired) electrons. The lowest BCUT2D eigenvalue weighted by molar-refractivity contribution is 0.0586. The van der Waals surface area contributed by atoms with E-state index in [1.807, 2.05) is 0 Å². The molecular weight excluding hydrogens is 218 g/mol. The number of hydrogen-bond donors (Lipinski definition) is 1. The highest BCUT2D eigenvalue weighted by Crippen LogP contribution is 2.33. The smallest absolute Gasteiger partial charge is 0.235 e. The predicted molar refractivity (Wildman–Crippen MR) is 62.5 cm³/mol. The zero-order valence-electron chi connectivity index (χ0n) is 9.50. The molecule has 1 saturated heterocycles. The molecule has 1 unspecified atom stereocenters. The van der Waals surface area contributed by atoms with Crippen molar-refractivity contribution in [2.24, 2.45) is 10.9 Å². The van der Waals surface area contributed by atoms with Crippen molar-refractivity contribution in [3.8, 4) is 5.75 Å². The first-order valence-electron chi connectivity index (χ1n) is 5.75. The van der Waals surface area contributed by atoms with Crippen molar-refractivity contribution >= 4 is 6.08 Å². The van der Waals surface area contributed by atoms with Gasteiger partial charge in [0.05, 0.1) is 6.04 Å². The molecule has 0 saturated carbocycles. The number of benzene rings is 1. The molecule has 0 spiro atoms. The summed E-state index contributed by atoms with van der Waals surface area (Å²) >= 11 is 0. The van der Waals surface area contributed by atoms with Gasteiger partial charge in [-0.3, -0.25) is 0 Å². The quantitative estimate of drug-likeness (QED) is 0.643. The van der Waals surface area contributed by atoms with E-state index in [0.717, 1.165) is 18.4 Å². The van der Waals surface area contributed by atoms with Crippen LogP contribution >= 0.6 is 0 Å². The number of aliphatic imine (C=N–C) groups is 1. The fourth-order valence-corrected chi connectivity index (χ4v) is 2.21. The van der Waals surface area contributed by atoms with Crippen LogP contribution in [0.5, 0.6) is 5.75 Å². The monoisotopic (exact) mass is 233 g/mol. The van der Waals surface area contributed by atoms with E-state index in [9.17, 15) is 9.90 Å². The van der Waals surface area contributed by atoms with E-state index in [1.54, 1.807) is 30.3 Å². The Morgan fingerprint density at radius 3 is 2.53 bits per heavy atom. The fourth-order valence-electron chi connectivity index (χ4n) is 2.21. The van der Waals surface area contributed by atoms with Crippen LogP contribution in [0.3, 0.4) is 0 Å². The van der Waals surface area contributed by atoms with Crippen LogP contribution in [0.4, 0.5) is 0 Å². The first-order chi connectivity index (χ1) is 8.31. The maximum Gasteiger partial charge on any atom is 0.235 e. The van der Waals surface area contributed by atoms with Gasteiger partial charge in [-0.05, 0) is 36.5 Å². The number of carbonyl (C=O) groups excluding carboxylic acids is 1. The summed E-state index contributed by atoms with van der Waals surface area (Å²) in [5.41, 5.74) is 0.943. The predicted octanol–water partition coefficient (Wildman–Crippen LogP) is 2.20. The molecule has 4 nitrogen and oxygen atoms in total. The van der Waals surface area contributed by atoms with E-state index in [2.05, 4.69) is 4.99 Å². The molecular formula is C13H15NO3. The summed E-state index contributed by atoms with van der Waals surface area (Å²) in [6.45, 7) is 1.43. The summed E-state index contributed by atoms with van der Waals surface area (Å²) in [6, 6.07) is 6.66. The number of hydrogen-bond acceptors (Lipinski definition) is 4. The van der Waals surface area contributed by atoms with Gasteiger partial charge in [-0.1, -0.05) is 12.1 Å². The third-order valence-electron chi connectivity index (χ3n) is 3.14. The molecule has 0 bridgehead atoms. The minimum Gasteiger partial charge on any atom is -0.508 e. The lowest BCUT2D eigenvalue weighted by Crippen LogP contribution is -2.21. The molecule has 0 aromatic heterocycles. The molecule has 1 atom stereocenters. The van der Waals surface area contributed by atoms with Crippen LogP contribution < -0.4 is 0 Å². The number of phenols is 1. The molecule has 90 valence electrons. The number of rotatable bonds is 3. The number of ether oxygens (including phenoxy) is 1. The van der Waals surface area contributed by atoms with Crippen molar-refractivity contribution in [3.63, 3.8) is 0 Å². The number of nitrogens with zero attached hydrogens (tertiary/aromatic N) is 1. The molecule has 0 aliphatic carbocycles. The van der Waals surface area contributed by atoms with E-state index >= 15 is 0 Å². The summed E-state index contributed by atoms with van der Waals surface area (Å²) in [5.74, 6) is 0.532. The van der Waals surface area contributed by atoms with Crippen molar-refractivity contribution in [2.75, 3.05) is 13.2 Å². The fraction of sp³-hybridized carbons (Fsp3) is 0.462. The highest BCUT2D eigenvalue weighted by molar-refractivity contribution is 5.37. The Morgan fingerprint density at radius 1 is 1.29 bits per heavy atom. The minimum atomic E-state index is -0.169. The van der Waals surface area contributed by atoms with Gasteiger partial charge < -0.3 is 9.84 Å². The standard InChI is InChI=1S/C13H15NO3/c15-9-14-13(11-5-7-17-8-6-11)10-1-3-12(16)4-2-10/h1-4,11,13,16H,5-8H2. The number of isocyanates is 1. The van der Waals surface area contributed by atoms with Gasteiger partial charge in [0.25, 0.3) is 0 Å². The minimum absolute atomic E-state index is 0.169. The summed E-state index contributed by atoms with van der Waals surface area (Å²) in [6.07, 6.45) is 3.45. The number of phenolic OH excluding ortho intramolecular Hbond substituents is 1. The average Bonchev–Trinajstić information content (AvgIpc) is 2.38. The molecule has 1 heterocycles. The van der Waals surface area contributed by atoms with Crippen LogP contribution in [0.25, 0.3) is 0 Å². The maximum atomic E-state index is 10.5. The van der Waals surface area contributed by atoms with E-state index in [1.165, 1.54) is 0 Å². The van der Waals surface area contributed by atoms with Gasteiger partial charge in [-0.15, -0.1) is 0 Å². The Balaban J connectivity index is 2.21. The van der Waals surface area contributed by atoms with Gasteiger partial charge in [0.15, 0.2) is 0 Å². The molecule has 0 amide bonds. The van der Waals surface area contributed by atoms with Crippen molar-refractivity contribution in [3.05, 3.63) is 29.8 Å². The third-order valence-corrected chi connectivity index (χ3v) is 3.14. The largest absolute Gasteiger partial charge is 0.508 e. The van der Waals surface area contributed by atoms with E-state index in [0.29, 0.717) is 19.1 Å². The van der Waals surface area contributed by atoms with Gasteiger partial charge in [0.2, 0.25) is 6.08 Å². The second kappa shape index (κ2) is 5.62. The maximum absolute atomic E-state index is 10.5. The molecule has 1 aliphatic heterocycles. The van der Waals surface area contributed by atoms with Crippen LogP contribution in [-0.2, 0) is 9.53 Å². The SMILES string of the molecule is O=C=NC(c1ccc(O)cc1)C1CCOCC1. The Kier molecular flexibility index (Phi) is 3.91. The van der Waals surface area contributed by atoms with Crippen LogP contribution in [0.15, 0.2) is 29.3 Å². The lowest BCUT2D eigenvalue weighted by Gasteiger charge is -2.27. The van der Waals surface area contributed by atoms with E-state index in [4.69, 9.17) is 4.74 Å². The molecule has 1 aliphatic rings. The van der Waals surface area contributed by atoms with Crippen molar-refractivity contribution in [1.82, 2.24) is 0 Å². The second-order valence-electron chi connectivity index (χ2n) is 4.21. The van der Waals surface area contributed by atoms with Crippen molar-refractivity contribution < 1.29 is 14.6 Å². The van der Waals surface area contributed by atoms with E-state index in [-0.39, 0.29) is 11.8 Å². The average molecular weight is 233 g/mol. The van der Waals surface area contributed by atoms with Gasteiger partial charge >= 0.3 is 0 Å². The normalized spacial score (nSPS) is 18.4. The molecule has 4 heteroatoms. The van der Waals surface area contributed by atoms with Crippen LogP contribution in [-0.4, -0.2) is 24.4 Å². The molecule has 1 N–H and O–H groups in total. The second-order valence-corrected chi connectivity index (χ2v) is 4.21. The van der Waals surface area contributed by atoms with Crippen LogP contribution in [0.2, 0.25) is 0 Å². The van der Waals surface area contributed by atoms with E-state index < -0.39 is 0 Å². The van der Waals surface area contributed by atoms with Gasteiger partial charge in [0, 0.05) is 13.2 Å².